The van der Waals surface area contributed by atoms with Crippen molar-refractivity contribution in [2.24, 2.45) is 5.14 Å². The van der Waals surface area contributed by atoms with E-state index in [-0.39, 0.29) is 28.0 Å². The molecule has 0 unspecified atom stereocenters. The predicted octanol–water partition coefficient (Wildman–Crippen LogP) is -0.896. The van der Waals surface area contributed by atoms with Crippen molar-refractivity contribution in [1.29, 1.82) is 0 Å². The Labute approximate surface area is 186 Å². The van der Waals surface area contributed by atoms with Crippen LogP contribution >= 0.6 is 0 Å². The molecule has 11 nitrogen and oxygen atoms in total. The third kappa shape index (κ3) is 4.50. The third-order valence-electron chi connectivity index (χ3n) is 5.02. The number of benzene rings is 1. The number of nitrogens with two attached hydrogens (primary N) is 2. The molecule has 0 saturated carbocycles. The van der Waals surface area contributed by atoms with Crippen LogP contribution in [-0.2, 0) is 14.9 Å². The van der Waals surface area contributed by atoms with Crippen molar-refractivity contribution in [2.75, 3.05) is 12.3 Å². The number of ether oxygens (including phenoxy) is 1. The second-order valence-electron chi connectivity index (χ2n) is 7.20. The molecule has 4 rings (SSSR count). The lowest BCUT2D eigenvalue weighted by molar-refractivity contribution is -0.0327. The van der Waals surface area contributed by atoms with Crippen LogP contribution in [0.1, 0.15) is 17.4 Å². The third-order valence-corrected chi connectivity index (χ3v) is 5.59. The quantitative estimate of drug-likeness (QED) is 0.298. The van der Waals surface area contributed by atoms with Gasteiger partial charge < -0.3 is 25.3 Å². The summed E-state index contributed by atoms with van der Waals surface area (Å²) in [4.78, 5) is 8.04. The molecule has 0 aliphatic carbocycles. The van der Waals surface area contributed by atoms with Gasteiger partial charge in [0, 0.05) is 12.7 Å². The summed E-state index contributed by atoms with van der Waals surface area (Å²) in [5.41, 5.74) is 6.19. The van der Waals surface area contributed by atoms with E-state index in [0.29, 0.717) is 0 Å². The number of hydrogen-bond acceptors (Lipinski definition) is 8. The fourth-order valence-corrected chi connectivity index (χ4v) is 3.85. The number of rotatable bonds is 4. The highest BCUT2D eigenvalue weighted by molar-refractivity contribution is 7.87. The average Bonchev–Trinajstić information content (AvgIpc) is 3.26. The van der Waals surface area contributed by atoms with Gasteiger partial charge in [-0.3, -0.25) is 0 Å². The zero-order chi connectivity index (χ0) is 23.9. The molecule has 0 radical (unpaired) electrons. The van der Waals surface area contributed by atoms with Crippen molar-refractivity contribution in [3.8, 4) is 11.8 Å². The van der Waals surface area contributed by atoms with Gasteiger partial charge in [-0.2, -0.15) is 13.1 Å². The first kappa shape index (κ1) is 23.0. The Morgan fingerprint density at radius 2 is 1.91 bits per heavy atom. The molecule has 4 atom stereocenters. The van der Waals surface area contributed by atoms with E-state index in [4.69, 9.17) is 15.6 Å². The average molecular weight is 480 g/mol. The van der Waals surface area contributed by atoms with E-state index in [2.05, 4.69) is 21.8 Å². The summed E-state index contributed by atoms with van der Waals surface area (Å²) >= 11 is 0. The molecule has 33 heavy (non-hydrogen) atoms. The van der Waals surface area contributed by atoms with Crippen molar-refractivity contribution in [2.45, 2.75) is 24.5 Å². The Morgan fingerprint density at radius 1 is 1.18 bits per heavy atom. The van der Waals surface area contributed by atoms with E-state index in [1.807, 2.05) is 4.72 Å². The standard InChI is InChI=1S/C19H18F2N6O5S/c20-11-3-1-2-9(14(11)21)4-5-10-7-27(18-13(10)17(22)24-8-25-18)19-16(29)15(28)12(32-19)6-26-33(23,30)31/h1-3,7-8,12,15-16,19,26,28-29H,6H2,(H2,22,24,25)(H2,23,30,31)/t12-,15-,16-,19-/m1/s1. The fourth-order valence-electron chi connectivity index (χ4n) is 3.46. The first-order valence-electron chi connectivity index (χ1n) is 9.43. The summed E-state index contributed by atoms with van der Waals surface area (Å²) in [5.74, 6) is 3.09. The second-order valence-corrected chi connectivity index (χ2v) is 8.58. The van der Waals surface area contributed by atoms with E-state index in [0.717, 1.165) is 12.4 Å². The van der Waals surface area contributed by atoms with Crippen LogP contribution in [-0.4, -0.2) is 58.0 Å². The lowest BCUT2D eigenvalue weighted by Crippen LogP contribution is -2.42. The zero-order valence-corrected chi connectivity index (χ0v) is 17.5. The Bertz CT molecular complexity index is 1390. The number of hydrogen-bond donors (Lipinski definition) is 5. The number of nitrogen functional groups attached to an aromatic ring is 1. The molecule has 2 aromatic heterocycles. The van der Waals surface area contributed by atoms with Gasteiger partial charge in [0.05, 0.1) is 16.5 Å². The predicted molar refractivity (Wildman–Crippen MR) is 111 cm³/mol. The van der Waals surface area contributed by atoms with Crippen LogP contribution in [0.15, 0.2) is 30.7 Å². The molecule has 0 bridgehead atoms. The van der Waals surface area contributed by atoms with Crippen molar-refractivity contribution < 1.29 is 32.1 Å². The highest BCUT2D eigenvalue weighted by Crippen LogP contribution is 2.34. The monoisotopic (exact) mass is 480 g/mol. The Balaban J connectivity index is 1.74. The number of aliphatic hydroxyl groups is 2. The number of aromatic nitrogens is 3. The number of anilines is 1. The molecule has 0 amide bonds. The lowest BCUT2D eigenvalue weighted by Gasteiger charge is -2.17. The fraction of sp³-hybridized carbons (Fsp3) is 0.263. The van der Waals surface area contributed by atoms with Crippen LogP contribution < -0.4 is 15.6 Å². The molecule has 1 aliphatic rings. The Hall–Kier alpha value is -3.19. The van der Waals surface area contributed by atoms with Crippen LogP contribution in [0, 0.1) is 23.5 Å². The molecule has 14 heteroatoms. The van der Waals surface area contributed by atoms with Gasteiger partial charge in [-0.15, -0.1) is 0 Å². The molecule has 1 aliphatic heterocycles. The summed E-state index contributed by atoms with van der Waals surface area (Å²) in [6, 6.07) is 3.57. The maximum absolute atomic E-state index is 14.0. The minimum absolute atomic E-state index is 0.0308. The molecule has 3 heterocycles. The van der Waals surface area contributed by atoms with E-state index in [9.17, 15) is 27.4 Å². The number of nitrogens with zero attached hydrogens (tertiary/aromatic N) is 3. The summed E-state index contributed by atoms with van der Waals surface area (Å²) in [5, 5.41) is 26.0. The number of nitrogens with one attached hydrogen (secondary N) is 1. The molecule has 7 N–H and O–H groups in total. The number of halogens is 2. The van der Waals surface area contributed by atoms with Gasteiger partial charge in [-0.1, -0.05) is 17.9 Å². The Kier molecular flexibility index (Phi) is 6.01. The number of fused-ring (bicyclic) bond motifs is 1. The first-order chi connectivity index (χ1) is 15.6. The normalized spacial score (nSPS) is 22.9. The molecule has 0 spiro atoms. The molecular weight excluding hydrogens is 462 g/mol. The van der Waals surface area contributed by atoms with Crippen LogP contribution in [0.4, 0.5) is 14.6 Å². The van der Waals surface area contributed by atoms with Crippen molar-refractivity contribution in [3.05, 3.63) is 53.5 Å². The zero-order valence-electron chi connectivity index (χ0n) is 16.7. The van der Waals surface area contributed by atoms with E-state index in [1.54, 1.807) is 0 Å². The highest BCUT2D eigenvalue weighted by Gasteiger charge is 2.44. The van der Waals surface area contributed by atoms with Gasteiger partial charge in [0.15, 0.2) is 17.9 Å². The van der Waals surface area contributed by atoms with E-state index >= 15 is 0 Å². The van der Waals surface area contributed by atoms with E-state index < -0.39 is 52.9 Å². The topological polar surface area (TPSA) is 179 Å². The van der Waals surface area contributed by atoms with Gasteiger partial charge in [0.25, 0.3) is 10.2 Å². The summed E-state index contributed by atoms with van der Waals surface area (Å²) in [7, 11) is -4.05. The molecule has 1 aromatic carbocycles. The number of aliphatic hydroxyl groups excluding tert-OH is 2. The molecule has 1 fully saturated rings. The molecule has 1 saturated heterocycles. The van der Waals surface area contributed by atoms with Gasteiger partial charge in [0.2, 0.25) is 0 Å². The Morgan fingerprint density at radius 3 is 2.64 bits per heavy atom. The van der Waals surface area contributed by atoms with Crippen molar-refractivity contribution in [1.82, 2.24) is 19.3 Å². The summed E-state index contributed by atoms with van der Waals surface area (Å²) in [6.45, 7) is -0.393. The van der Waals surface area contributed by atoms with E-state index in [1.165, 1.54) is 22.9 Å². The first-order valence-corrected chi connectivity index (χ1v) is 11.0. The van der Waals surface area contributed by atoms with Crippen molar-refractivity contribution in [3.63, 3.8) is 0 Å². The van der Waals surface area contributed by atoms with Crippen LogP contribution in [0.2, 0.25) is 0 Å². The summed E-state index contributed by atoms with van der Waals surface area (Å²) in [6.07, 6.45) is -2.71. The smallest absolute Gasteiger partial charge is 0.274 e. The molecular formula is C19H18F2N6O5S. The van der Waals surface area contributed by atoms with Crippen LogP contribution in [0.3, 0.4) is 0 Å². The maximum Gasteiger partial charge on any atom is 0.274 e. The van der Waals surface area contributed by atoms with Gasteiger partial charge >= 0.3 is 0 Å². The minimum Gasteiger partial charge on any atom is -0.387 e. The van der Waals surface area contributed by atoms with Crippen LogP contribution in [0.5, 0.6) is 0 Å². The second kappa shape index (κ2) is 8.63. The van der Waals surface area contributed by atoms with Crippen molar-refractivity contribution >= 4 is 27.1 Å². The lowest BCUT2D eigenvalue weighted by atomic mass is 10.1. The highest BCUT2D eigenvalue weighted by atomic mass is 32.2. The largest absolute Gasteiger partial charge is 0.387 e. The van der Waals surface area contributed by atoms with Gasteiger partial charge in [-0.25, -0.2) is 23.9 Å². The SMILES string of the molecule is Nc1ncnc2c1c(C#Cc1cccc(F)c1F)cn2[C@@H]1O[C@H](CNS(N)(=O)=O)[C@@H](O)[C@H]1O. The van der Waals surface area contributed by atoms with Gasteiger partial charge in [0.1, 0.15) is 36.1 Å². The van der Waals surface area contributed by atoms with Crippen LogP contribution in [0.25, 0.3) is 11.0 Å². The minimum atomic E-state index is -4.05. The van der Waals surface area contributed by atoms with Gasteiger partial charge in [-0.05, 0) is 12.1 Å². The molecule has 174 valence electrons. The summed E-state index contributed by atoms with van der Waals surface area (Å²) < 4.78 is 58.7. The molecule has 3 aromatic rings. The maximum atomic E-state index is 14.0.